The van der Waals surface area contributed by atoms with Gasteiger partial charge >= 0.3 is 5.97 Å². The lowest BCUT2D eigenvalue weighted by Gasteiger charge is -2.16. The Bertz CT molecular complexity index is 685. The molecule has 0 aliphatic heterocycles. The van der Waals surface area contributed by atoms with Gasteiger partial charge in [0.15, 0.2) is 0 Å². The van der Waals surface area contributed by atoms with Gasteiger partial charge in [-0.25, -0.2) is 9.78 Å². The van der Waals surface area contributed by atoms with Gasteiger partial charge in [-0.2, -0.15) is 0 Å². The Hall–Kier alpha value is -2.63. The number of anilines is 1. The average molecular weight is 287 g/mol. The maximum Gasteiger partial charge on any atom is 0.326 e. The highest BCUT2D eigenvalue weighted by atomic mass is 16.4. The van der Waals surface area contributed by atoms with Gasteiger partial charge in [0.2, 0.25) is 0 Å². The van der Waals surface area contributed by atoms with Gasteiger partial charge in [0.05, 0.1) is 11.1 Å². The number of primary amides is 1. The van der Waals surface area contributed by atoms with Crippen molar-refractivity contribution in [3.63, 3.8) is 0 Å². The third-order valence-corrected chi connectivity index (χ3v) is 3.18. The van der Waals surface area contributed by atoms with Crippen LogP contribution in [0.25, 0.3) is 10.9 Å². The monoisotopic (exact) mass is 287 g/mol. The van der Waals surface area contributed by atoms with Crippen molar-refractivity contribution in [2.45, 2.75) is 25.8 Å². The lowest BCUT2D eigenvalue weighted by Crippen LogP contribution is -2.30. The number of fused-ring (bicyclic) bond motifs is 1. The number of nitrogens with two attached hydrogens (primary N) is 1. The molecule has 0 saturated carbocycles. The van der Waals surface area contributed by atoms with Gasteiger partial charge in [-0.1, -0.05) is 31.5 Å². The molecule has 0 saturated heterocycles. The topological polar surface area (TPSA) is 105 Å². The van der Waals surface area contributed by atoms with Crippen molar-refractivity contribution in [3.8, 4) is 0 Å². The molecule has 6 nitrogen and oxygen atoms in total. The second kappa shape index (κ2) is 6.21. The van der Waals surface area contributed by atoms with Gasteiger partial charge in [0.25, 0.3) is 5.91 Å². The molecule has 0 aliphatic carbocycles. The van der Waals surface area contributed by atoms with E-state index in [-0.39, 0.29) is 11.4 Å². The molecule has 0 fully saturated rings. The highest BCUT2D eigenvalue weighted by Gasteiger charge is 2.20. The largest absolute Gasteiger partial charge is 0.480 e. The first kappa shape index (κ1) is 14.8. The predicted molar refractivity (Wildman–Crippen MR) is 80.2 cm³/mol. The Morgan fingerprint density at radius 2 is 2.10 bits per heavy atom. The maximum absolute atomic E-state index is 11.6. The van der Waals surface area contributed by atoms with Crippen LogP contribution < -0.4 is 11.1 Å². The quantitative estimate of drug-likeness (QED) is 0.753. The number of para-hydroxylation sites is 1. The van der Waals surface area contributed by atoms with Gasteiger partial charge in [0.1, 0.15) is 11.9 Å². The van der Waals surface area contributed by atoms with Crippen molar-refractivity contribution < 1.29 is 14.7 Å². The van der Waals surface area contributed by atoms with Crippen LogP contribution in [0.1, 0.15) is 30.1 Å². The summed E-state index contributed by atoms with van der Waals surface area (Å²) in [6.45, 7) is 1.89. The molecule has 2 rings (SSSR count). The summed E-state index contributed by atoms with van der Waals surface area (Å²) in [4.78, 5) is 27.1. The van der Waals surface area contributed by atoms with Gasteiger partial charge < -0.3 is 16.2 Å². The van der Waals surface area contributed by atoms with Gasteiger partial charge in [0, 0.05) is 5.39 Å². The van der Waals surface area contributed by atoms with E-state index in [1.54, 1.807) is 12.1 Å². The molecule has 1 heterocycles. The third-order valence-electron chi connectivity index (χ3n) is 3.18. The molecule has 1 aromatic carbocycles. The second-order valence-corrected chi connectivity index (χ2v) is 4.77. The highest BCUT2D eigenvalue weighted by Crippen LogP contribution is 2.21. The van der Waals surface area contributed by atoms with Crippen molar-refractivity contribution in [2.75, 3.05) is 5.32 Å². The number of carboxylic acid groups (broad SMARTS) is 1. The fourth-order valence-electron chi connectivity index (χ4n) is 2.12. The number of carbonyl (C=O) groups excluding carboxylic acids is 1. The first-order valence-electron chi connectivity index (χ1n) is 6.72. The first-order valence-corrected chi connectivity index (χ1v) is 6.72. The normalized spacial score (nSPS) is 12.0. The van der Waals surface area contributed by atoms with Crippen LogP contribution in [0.3, 0.4) is 0 Å². The van der Waals surface area contributed by atoms with E-state index in [1.807, 2.05) is 25.1 Å². The lowest BCUT2D eigenvalue weighted by atomic mass is 10.1. The fourth-order valence-corrected chi connectivity index (χ4v) is 2.12. The van der Waals surface area contributed by atoms with Gasteiger partial charge in [-0.3, -0.25) is 4.79 Å². The van der Waals surface area contributed by atoms with E-state index in [9.17, 15) is 14.7 Å². The van der Waals surface area contributed by atoms with E-state index in [1.165, 1.54) is 0 Å². The number of amides is 1. The molecule has 0 radical (unpaired) electrons. The standard InChI is InChI=1S/C15H17N3O3/c1-2-5-12(15(20)21)18-14-10(13(16)19)8-9-6-3-4-7-11(9)17-14/h3-4,6-8,12H,2,5H2,1H3,(H2,16,19)(H,17,18)(H,20,21). The number of nitrogens with zero attached hydrogens (tertiary/aromatic N) is 1. The van der Waals surface area contributed by atoms with Crippen LogP contribution in [-0.2, 0) is 4.79 Å². The Labute approximate surface area is 122 Å². The molecule has 1 atom stereocenters. The van der Waals surface area contributed by atoms with E-state index in [4.69, 9.17) is 5.73 Å². The van der Waals surface area contributed by atoms with Crippen LogP contribution in [0.2, 0.25) is 0 Å². The minimum absolute atomic E-state index is 0.191. The summed E-state index contributed by atoms with van der Waals surface area (Å²) in [5.41, 5.74) is 6.23. The number of pyridine rings is 1. The van der Waals surface area contributed by atoms with Crippen molar-refractivity contribution in [1.29, 1.82) is 0 Å². The zero-order valence-corrected chi connectivity index (χ0v) is 11.7. The van der Waals surface area contributed by atoms with E-state index >= 15 is 0 Å². The van der Waals surface area contributed by atoms with Gasteiger partial charge in [-0.15, -0.1) is 0 Å². The summed E-state index contributed by atoms with van der Waals surface area (Å²) in [5.74, 6) is -1.42. The smallest absolute Gasteiger partial charge is 0.326 e. The van der Waals surface area contributed by atoms with Crippen LogP contribution in [-0.4, -0.2) is 28.0 Å². The maximum atomic E-state index is 11.6. The molecule has 0 spiro atoms. The number of carbonyl (C=O) groups is 2. The summed E-state index contributed by atoms with van der Waals surface area (Å²) in [6, 6.07) is 8.09. The summed E-state index contributed by atoms with van der Waals surface area (Å²) in [6.07, 6.45) is 1.13. The van der Waals surface area contributed by atoms with Crippen LogP contribution in [0.4, 0.5) is 5.82 Å². The first-order chi connectivity index (χ1) is 10.0. The fraction of sp³-hybridized carbons (Fsp3) is 0.267. The molecule has 21 heavy (non-hydrogen) atoms. The summed E-state index contributed by atoms with van der Waals surface area (Å²) in [7, 11) is 0. The number of rotatable bonds is 6. The van der Waals surface area contributed by atoms with Crippen molar-refractivity contribution in [1.82, 2.24) is 4.98 Å². The Kier molecular flexibility index (Phi) is 4.37. The Balaban J connectivity index is 2.47. The number of benzene rings is 1. The molecule has 6 heteroatoms. The lowest BCUT2D eigenvalue weighted by molar-refractivity contribution is -0.138. The number of hydrogen-bond donors (Lipinski definition) is 3. The molecule has 0 bridgehead atoms. The molecule has 1 unspecified atom stereocenters. The second-order valence-electron chi connectivity index (χ2n) is 4.77. The van der Waals surface area contributed by atoms with E-state index in [0.717, 1.165) is 5.39 Å². The van der Waals surface area contributed by atoms with Crippen LogP contribution in [0.15, 0.2) is 30.3 Å². The van der Waals surface area contributed by atoms with Crippen LogP contribution in [0.5, 0.6) is 0 Å². The number of carboxylic acids is 1. The predicted octanol–water partition coefficient (Wildman–Crippen LogP) is 2.00. The van der Waals surface area contributed by atoms with Crippen molar-refractivity contribution in [3.05, 3.63) is 35.9 Å². The van der Waals surface area contributed by atoms with Crippen LogP contribution in [0, 0.1) is 0 Å². The van der Waals surface area contributed by atoms with Crippen molar-refractivity contribution >= 4 is 28.6 Å². The summed E-state index contributed by atoms with van der Waals surface area (Å²) < 4.78 is 0. The minimum Gasteiger partial charge on any atom is -0.480 e. The summed E-state index contributed by atoms with van der Waals surface area (Å²) >= 11 is 0. The van der Waals surface area contributed by atoms with Gasteiger partial charge in [-0.05, 0) is 18.6 Å². The number of aliphatic carboxylic acids is 1. The van der Waals surface area contributed by atoms with E-state index in [0.29, 0.717) is 18.4 Å². The molecule has 0 aliphatic rings. The van der Waals surface area contributed by atoms with Crippen LogP contribution >= 0.6 is 0 Å². The van der Waals surface area contributed by atoms with E-state index in [2.05, 4.69) is 10.3 Å². The Morgan fingerprint density at radius 1 is 1.38 bits per heavy atom. The van der Waals surface area contributed by atoms with E-state index < -0.39 is 17.9 Å². The summed E-state index contributed by atoms with van der Waals surface area (Å²) in [5, 5.41) is 12.8. The Morgan fingerprint density at radius 3 is 2.71 bits per heavy atom. The molecular formula is C15H17N3O3. The minimum atomic E-state index is -0.984. The molecule has 110 valence electrons. The zero-order chi connectivity index (χ0) is 15.4. The average Bonchev–Trinajstić information content (AvgIpc) is 2.45. The number of hydrogen-bond acceptors (Lipinski definition) is 4. The highest BCUT2D eigenvalue weighted by molar-refractivity contribution is 6.01. The zero-order valence-electron chi connectivity index (χ0n) is 11.7. The molecule has 2 aromatic rings. The third kappa shape index (κ3) is 3.28. The molecule has 1 amide bonds. The SMILES string of the molecule is CCCC(Nc1nc2ccccc2cc1C(N)=O)C(=O)O. The molecule has 4 N–H and O–H groups in total. The van der Waals surface area contributed by atoms with Crippen molar-refractivity contribution in [2.24, 2.45) is 5.73 Å². The number of nitrogens with one attached hydrogen (secondary N) is 1. The molecule has 1 aromatic heterocycles. The number of aromatic nitrogens is 1. The molecular weight excluding hydrogens is 270 g/mol.